The number of carbonyl (C=O) groups excluding carboxylic acids is 1. The maximum atomic E-state index is 11.9. The zero-order chi connectivity index (χ0) is 15.4. The second kappa shape index (κ2) is 6.27. The van der Waals surface area contributed by atoms with Crippen molar-refractivity contribution >= 4 is 11.6 Å². The molecule has 20 heavy (non-hydrogen) atoms. The molecule has 6 heteroatoms. The highest BCUT2D eigenvalue weighted by Crippen LogP contribution is 2.35. The van der Waals surface area contributed by atoms with Gasteiger partial charge in [0.2, 0.25) is 0 Å². The van der Waals surface area contributed by atoms with Gasteiger partial charge in [0.15, 0.2) is 17.2 Å². The lowest BCUT2D eigenvalue weighted by Gasteiger charge is -2.13. The molecule has 6 nitrogen and oxygen atoms in total. The lowest BCUT2D eigenvalue weighted by atomic mass is 9.98. The van der Waals surface area contributed by atoms with Crippen molar-refractivity contribution in [3.8, 4) is 17.2 Å². The summed E-state index contributed by atoms with van der Waals surface area (Å²) < 4.78 is 0. The van der Waals surface area contributed by atoms with E-state index in [9.17, 15) is 20.1 Å². The summed E-state index contributed by atoms with van der Waals surface area (Å²) in [5, 5.41) is 32.0. The minimum absolute atomic E-state index is 0.00779. The molecule has 0 radical (unpaired) electrons. The van der Waals surface area contributed by atoms with Gasteiger partial charge in [0.25, 0.3) is 5.91 Å². The number of nitrogens with one attached hydrogen (secondary N) is 1. The maximum absolute atomic E-state index is 11.9. The first-order chi connectivity index (χ1) is 9.23. The quantitative estimate of drug-likeness (QED) is 0.386. The molecular formula is C14H20N2O4. The number of aromatic hydroxyl groups is 3. The lowest BCUT2D eigenvalue weighted by Crippen LogP contribution is -2.24. The van der Waals surface area contributed by atoms with E-state index in [2.05, 4.69) is 10.5 Å². The summed E-state index contributed by atoms with van der Waals surface area (Å²) in [6.45, 7) is 7.90. The van der Waals surface area contributed by atoms with Crippen LogP contribution in [0.1, 0.15) is 38.1 Å². The average molecular weight is 280 g/mol. The summed E-state index contributed by atoms with van der Waals surface area (Å²) in [4.78, 5) is 11.9. The van der Waals surface area contributed by atoms with Gasteiger partial charge in [-0.3, -0.25) is 4.79 Å². The van der Waals surface area contributed by atoms with Crippen molar-refractivity contribution < 1.29 is 20.1 Å². The number of nitrogens with zero attached hydrogens (tertiary/aromatic N) is 1. The molecule has 0 fully saturated rings. The summed E-state index contributed by atoms with van der Waals surface area (Å²) >= 11 is 0. The van der Waals surface area contributed by atoms with Gasteiger partial charge >= 0.3 is 0 Å². The van der Waals surface area contributed by atoms with Gasteiger partial charge in [-0.1, -0.05) is 27.7 Å². The van der Waals surface area contributed by atoms with Crippen LogP contribution in [0.3, 0.4) is 0 Å². The molecule has 0 unspecified atom stereocenters. The lowest BCUT2D eigenvalue weighted by molar-refractivity contribution is 0.0953. The molecule has 0 aliphatic rings. The second-order valence-electron chi connectivity index (χ2n) is 5.15. The van der Waals surface area contributed by atoms with Crippen molar-refractivity contribution in [1.82, 2.24) is 5.43 Å². The first-order valence-corrected chi connectivity index (χ1v) is 6.36. The highest BCUT2D eigenvalue weighted by Gasteiger charge is 2.15. The van der Waals surface area contributed by atoms with Crippen LogP contribution in [-0.4, -0.2) is 26.9 Å². The van der Waals surface area contributed by atoms with E-state index in [1.165, 1.54) is 0 Å². The number of carbonyl (C=O) groups is 1. The van der Waals surface area contributed by atoms with Crippen molar-refractivity contribution in [3.63, 3.8) is 0 Å². The Bertz CT molecular complexity index is 503. The van der Waals surface area contributed by atoms with Gasteiger partial charge in [-0.05, 0) is 24.0 Å². The van der Waals surface area contributed by atoms with Gasteiger partial charge in [-0.25, -0.2) is 5.43 Å². The third-order valence-electron chi connectivity index (χ3n) is 2.80. The SMILES string of the molecule is CC(C)C(=NNC(=O)c1cc(O)c(O)c(O)c1)C(C)C. The number of phenolic OH excluding ortho intramolecular Hbond substituents is 3. The van der Waals surface area contributed by atoms with E-state index in [0.717, 1.165) is 17.8 Å². The van der Waals surface area contributed by atoms with Crippen molar-refractivity contribution in [2.45, 2.75) is 27.7 Å². The van der Waals surface area contributed by atoms with E-state index in [0.29, 0.717) is 0 Å². The first kappa shape index (κ1) is 15.8. The van der Waals surface area contributed by atoms with Crippen molar-refractivity contribution in [2.75, 3.05) is 0 Å². The number of rotatable bonds is 4. The van der Waals surface area contributed by atoms with E-state index >= 15 is 0 Å². The summed E-state index contributed by atoms with van der Waals surface area (Å²) in [5.41, 5.74) is 3.23. The number of hydrazone groups is 1. The average Bonchev–Trinajstić information content (AvgIpc) is 2.34. The van der Waals surface area contributed by atoms with Crippen LogP contribution < -0.4 is 5.43 Å². The van der Waals surface area contributed by atoms with Crippen molar-refractivity contribution in [2.24, 2.45) is 16.9 Å². The molecule has 0 spiro atoms. The molecule has 4 N–H and O–H groups in total. The summed E-state index contributed by atoms with van der Waals surface area (Å²) in [6, 6.07) is 2.12. The van der Waals surface area contributed by atoms with E-state index < -0.39 is 23.2 Å². The highest BCUT2D eigenvalue weighted by molar-refractivity contribution is 5.97. The normalized spacial score (nSPS) is 10.7. The molecule has 0 aliphatic heterocycles. The van der Waals surface area contributed by atoms with Crippen LogP contribution in [-0.2, 0) is 0 Å². The zero-order valence-corrected chi connectivity index (χ0v) is 12.0. The Morgan fingerprint density at radius 3 is 1.90 bits per heavy atom. The van der Waals surface area contributed by atoms with Gasteiger partial charge < -0.3 is 15.3 Å². The van der Waals surface area contributed by atoms with Crippen LogP contribution in [0.25, 0.3) is 0 Å². The van der Waals surface area contributed by atoms with E-state index in [1.807, 2.05) is 27.7 Å². The van der Waals surface area contributed by atoms with Crippen LogP contribution >= 0.6 is 0 Å². The van der Waals surface area contributed by atoms with Crippen molar-refractivity contribution in [1.29, 1.82) is 0 Å². The largest absolute Gasteiger partial charge is 0.504 e. The summed E-state index contributed by atoms with van der Waals surface area (Å²) in [7, 11) is 0. The third kappa shape index (κ3) is 3.63. The molecule has 1 rings (SSSR count). The third-order valence-corrected chi connectivity index (χ3v) is 2.80. The molecule has 1 amide bonds. The number of hydrogen-bond acceptors (Lipinski definition) is 5. The van der Waals surface area contributed by atoms with Gasteiger partial charge in [0.05, 0.1) is 0 Å². The number of phenols is 3. The Balaban J connectivity index is 2.95. The molecule has 0 aliphatic carbocycles. The van der Waals surface area contributed by atoms with E-state index in [-0.39, 0.29) is 17.4 Å². The minimum atomic E-state index is -0.657. The number of benzene rings is 1. The molecule has 0 bridgehead atoms. The molecule has 0 saturated carbocycles. The Morgan fingerprint density at radius 1 is 1.05 bits per heavy atom. The van der Waals surface area contributed by atoms with Crippen LogP contribution in [0.2, 0.25) is 0 Å². The van der Waals surface area contributed by atoms with E-state index in [1.54, 1.807) is 0 Å². The highest BCUT2D eigenvalue weighted by atomic mass is 16.3. The van der Waals surface area contributed by atoms with Crippen LogP contribution in [0, 0.1) is 11.8 Å². The van der Waals surface area contributed by atoms with Crippen molar-refractivity contribution in [3.05, 3.63) is 17.7 Å². The Kier molecular flexibility index (Phi) is 4.96. The fraction of sp³-hybridized carbons (Fsp3) is 0.429. The molecule has 110 valence electrons. The fourth-order valence-corrected chi connectivity index (χ4v) is 1.84. The monoisotopic (exact) mass is 280 g/mol. The van der Waals surface area contributed by atoms with Crippen LogP contribution in [0.5, 0.6) is 17.2 Å². The van der Waals surface area contributed by atoms with Gasteiger partial charge in [0.1, 0.15) is 0 Å². The molecule has 0 aromatic heterocycles. The van der Waals surface area contributed by atoms with Crippen LogP contribution in [0.15, 0.2) is 17.2 Å². The van der Waals surface area contributed by atoms with Gasteiger partial charge in [0, 0.05) is 11.3 Å². The first-order valence-electron chi connectivity index (χ1n) is 6.36. The smallest absolute Gasteiger partial charge is 0.271 e. The summed E-state index contributed by atoms with van der Waals surface area (Å²) in [6.07, 6.45) is 0. The van der Waals surface area contributed by atoms with E-state index in [4.69, 9.17) is 0 Å². The molecule has 1 aromatic rings. The van der Waals surface area contributed by atoms with Gasteiger partial charge in [-0.15, -0.1) is 0 Å². The van der Waals surface area contributed by atoms with Crippen LogP contribution in [0.4, 0.5) is 0 Å². The Hall–Kier alpha value is -2.24. The molecule has 0 saturated heterocycles. The topological polar surface area (TPSA) is 102 Å². The maximum Gasteiger partial charge on any atom is 0.271 e. The minimum Gasteiger partial charge on any atom is -0.504 e. The predicted molar refractivity (Wildman–Crippen MR) is 76.0 cm³/mol. The number of hydrogen-bond donors (Lipinski definition) is 4. The fourth-order valence-electron chi connectivity index (χ4n) is 1.84. The Morgan fingerprint density at radius 2 is 1.50 bits per heavy atom. The Labute approximate surface area is 117 Å². The molecule has 1 aromatic carbocycles. The predicted octanol–water partition coefficient (Wildman–Crippen LogP) is 2.20. The molecule has 0 heterocycles. The molecule has 0 atom stereocenters. The molecular weight excluding hydrogens is 260 g/mol. The standard InChI is InChI=1S/C14H20N2O4/c1-7(2)12(8(3)4)15-16-14(20)9-5-10(17)13(19)11(18)6-9/h5-8,17-19H,1-4H3,(H,16,20). The zero-order valence-electron chi connectivity index (χ0n) is 12.0. The van der Waals surface area contributed by atoms with Gasteiger partial charge in [-0.2, -0.15) is 5.10 Å². The number of amides is 1. The summed E-state index contributed by atoms with van der Waals surface area (Å²) in [5.74, 6) is -1.97. The second-order valence-corrected chi connectivity index (χ2v) is 5.15.